The molecular weight excluding hydrogens is 368 g/mol. The number of hydrogen-bond donors (Lipinski definition) is 0. The van der Waals surface area contributed by atoms with Crippen LogP contribution in [0.1, 0.15) is 0 Å². The van der Waals surface area contributed by atoms with E-state index < -0.39 is 0 Å². The van der Waals surface area contributed by atoms with Crippen molar-refractivity contribution in [1.29, 1.82) is 0 Å². The van der Waals surface area contributed by atoms with Gasteiger partial charge in [-0.3, -0.25) is 0 Å². The van der Waals surface area contributed by atoms with Crippen molar-refractivity contribution in [3.63, 3.8) is 0 Å². The van der Waals surface area contributed by atoms with Gasteiger partial charge in [-0.25, -0.2) is 0 Å². The highest BCUT2D eigenvalue weighted by atomic mass is 79.9. The normalized spacial score (nSPS) is 16.2. The summed E-state index contributed by atoms with van der Waals surface area (Å²) < 4.78 is 1.11. The molecule has 0 fully saturated rings. The molecule has 0 saturated heterocycles. The average Bonchev–Trinajstić information content (AvgIpc) is 1.84. The Morgan fingerprint density at radius 2 is 2.12 bits per heavy atom. The predicted octanol–water partition coefficient (Wildman–Crippen LogP) is 3.78. The minimum Gasteiger partial charge on any atom is -0.0912 e. The lowest BCUT2D eigenvalue weighted by Gasteiger charge is -2.00. The quantitative estimate of drug-likeness (QED) is 0.648. The largest absolute Gasteiger partial charge is 0.0912 e. The summed E-state index contributed by atoms with van der Waals surface area (Å²) in [5.74, 6) is 0. The van der Waals surface area contributed by atoms with Gasteiger partial charge in [-0.1, -0.05) is 63.7 Å². The predicted molar refractivity (Wildman–Crippen MR) is 52.4 cm³/mol. The van der Waals surface area contributed by atoms with Crippen molar-refractivity contribution in [1.82, 2.24) is 0 Å². The van der Waals surface area contributed by atoms with Crippen molar-refractivity contribution in [3.8, 4) is 0 Å². The highest BCUT2D eigenvalue weighted by Crippen LogP contribution is 2.21. The first-order valence-electron chi connectivity index (χ1n) is 1.88. The van der Waals surface area contributed by atoms with Crippen LogP contribution in [0.3, 0.4) is 0 Å². The number of halogens is 4. The van der Waals surface area contributed by atoms with E-state index in [1.165, 1.54) is 0 Å². The summed E-state index contributed by atoms with van der Waals surface area (Å²) in [5.41, 5.74) is 0. The Hall–Kier alpha value is 1.66. The van der Waals surface area contributed by atoms with Gasteiger partial charge in [0.1, 0.15) is 0 Å². The zero-order chi connectivity index (χ0) is 6.57. The average molecular weight is 372 g/mol. The topological polar surface area (TPSA) is 0 Å². The molecule has 8 heavy (non-hydrogen) atoms. The van der Waals surface area contributed by atoms with Gasteiger partial charge in [0, 0.05) is 9.81 Å². The van der Waals surface area contributed by atoms with E-state index in [9.17, 15) is 0 Å². The van der Waals surface area contributed by atoms with E-state index in [0.717, 1.165) is 9.81 Å². The molecule has 0 aromatic carbocycles. The lowest BCUT2D eigenvalue weighted by Crippen LogP contribution is -1.96. The number of hydrogen-bond acceptors (Lipinski definition) is 0. The van der Waals surface area contributed by atoms with Crippen molar-refractivity contribution in [2.45, 2.75) is 4.83 Å². The first-order valence-corrected chi connectivity index (χ1v) is 5.62. The molecule has 0 aliphatic carbocycles. The Kier molecular flexibility index (Phi) is 6.58. The van der Waals surface area contributed by atoms with Gasteiger partial charge in [0.2, 0.25) is 0 Å². The highest BCUT2D eigenvalue weighted by molar-refractivity contribution is 9.15. The molecule has 0 bridgehead atoms. The summed E-state index contributed by atoms with van der Waals surface area (Å²) in [7, 11) is 0. The summed E-state index contributed by atoms with van der Waals surface area (Å²) >= 11 is 13.3. The van der Waals surface area contributed by atoms with Crippen molar-refractivity contribution < 1.29 is 0 Å². The Morgan fingerprint density at radius 3 is 2.25 bits per heavy atom. The maximum Gasteiger partial charge on any atom is 0.0563 e. The van der Waals surface area contributed by atoms with Crippen LogP contribution in [0.4, 0.5) is 0 Å². The molecule has 0 aliphatic rings. The number of alkyl halides is 2. The Bertz CT molecular complexity index is 88.0. The van der Waals surface area contributed by atoms with Crippen LogP contribution in [0.2, 0.25) is 0 Å². The molecule has 0 heterocycles. The van der Waals surface area contributed by atoms with Gasteiger partial charge < -0.3 is 0 Å². The third-order valence-electron chi connectivity index (χ3n) is 0.539. The molecular formula is C4H4Br4. The molecule has 0 amide bonds. The molecule has 4 heteroatoms. The van der Waals surface area contributed by atoms with E-state index in [2.05, 4.69) is 63.7 Å². The van der Waals surface area contributed by atoms with Crippen LogP contribution in [-0.2, 0) is 0 Å². The van der Waals surface area contributed by atoms with E-state index in [-0.39, 0.29) is 0 Å². The molecule has 0 spiro atoms. The van der Waals surface area contributed by atoms with Crippen molar-refractivity contribution in [2.75, 3.05) is 5.33 Å². The molecule has 0 aromatic heterocycles. The van der Waals surface area contributed by atoms with Crippen molar-refractivity contribution >= 4 is 63.7 Å². The van der Waals surface area contributed by atoms with Gasteiger partial charge in [0.05, 0.1) is 4.83 Å². The van der Waals surface area contributed by atoms with Crippen molar-refractivity contribution in [2.24, 2.45) is 0 Å². The summed E-state index contributed by atoms with van der Waals surface area (Å²) in [6, 6.07) is 0. The number of allylic oxidation sites excluding steroid dienone is 1. The maximum atomic E-state index is 3.41. The first-order chi connectivity index (χ1) is 3.72. The summed E-state index contributed by atoms with van der Waals surface area (Å²) in [5, 5.41) is 0.912. The SMILES string of the molecule is BrC=C(Br)C(Br)CBr. The van der Waals surface area contributed by atoms with Gasteiger partial charge in [-0.15, -0.1) is 0 Å². The Labute approximate surface area is 82.6 Å². The monoisotopic (exact) mass is 368 g/mol. The summed E-state index contributed by atoms with van der Waals surface area (Å²) in [6.45, 7) is 0. The molecule has 0 aliphatic heterocycles. The molecule has 0 aromatic rings. The van der Waals surface area contributed by atoms with Gasteiger partial charge in [-0.05, 0) is 4.99 Å². The second kappa shape index (κ2) is 5.45. The molecule has 0 N–H and O–H groups in total. The number of rotatable bonds is 2. The molecule has 1 unspecified atom stereocenters. The Morgan fingerprint density at radius 1 is 1.62 bits per heavy atom. The Balaban J connectivity index is 3.63. The molecule has 0 saturated carbocycles. The lowest BCUT2D eigenvalue weighted by molar-refractivity contribution is 1.30. The molecule has 0 rings (SSSR count). The van der Waals surface area contributed by atoms with E-state index in [4.69, 9.17) is 0 Å². The standard InChI is InChI=1S/C4H4Br4/c5-1-3(7)4(8)2-6/h1,4H,2H2. The van der Waals surface area contributed by atoms with Gasteiger partial charge in [0.15, 0.2) is 0 Å². The van der Waals surface area contributed by atoms with Gasteiger partial charge in [-0.2, -0.15) is 0 Å². The van der Waals surface area contributed by atoms with E-state index >= 15 is 0 Å². The maximum absolute atomic E-state index is 3.41. The zero-order valence-corrected chi connectivity index (χ0v) is 10.2. The summed E-state index contributed by atoms with van der Waals surface area (Å²) in [4.78, 5) is 2.22. The molecule has 0 nitrogen and oxygen atoms in total. The van der Waals surface area contributed by atoms with E-state index in [0.29, 0.717) is 4.83 Å². The van der Waals surface area contributed by atoms with Crippen molar-refractivity contribution in [3.05, 3.63) is 9.47 Å². The second-order valence-electron chi connectivity index (χ2n) is 1.12. The highest BCUT2D eigenvalue weighted by Gasteiger charge is 2.02. The van der Waals surface area contributed by atoms with Gasteiger partial charge in [0.25, 0.3) is 0 Å². The second-order valence-corrected chi connectivity index (χ2v) is 4.24. The minimum atomic E-state index is 0.377. The lowest BCUT2D eigenvalue weighted by atomic mass is 10.5. The first kappa shape index (κ1) is 9.66. The van der Waals surface area contributed by atoms with Crippen LogP contribution >= 0.6 is 63.7 Å². The van der Waals surface area contributed by atoms with Crippen LogP contribution in [0.15, 0.2) is 9.47 Å². The zero-order valence-electron chi connectivity index (χ0n) is 3.87. The smallest absolute Gasteiger partial charge is 0.0563 e. The molecule has 1 atom stereocenters. The van der Waals surface area contributed by atoms with E-state index in [1.54, 1.807) is 0 Å². The van der Waals surface area contributed by atoms with Crippen LogP contribution in [0.25, 0.3) is 0 Å². The molecule has 48 valence electrons. The fourth-order valence-electron chi connectivity index (χ4n) is 0.142. The molecule has 0 radical (unpaired) electrons. The fourth-order valence-corrected chi connectivity index (χ4v) is 1.89. The third-order valence-corrected chi connectivity index (χ3v) is 5.38. The third kappa shape index (κ3) is 3.64. The van der Waals surface area contributed by atoms with E-state index in [1.807, 2.05) is 4.99 Å². The minimum absolute atomic E-state index is 0.377. The van der Waals surface area contributed by atoms with Crippen LogP contribution in [-0.4, -0.2) is 10.2 Å². The van der Waals surface area contributed by atoms with Crippen LogP contribution in [0, 0.1) is 0 Å². The fraction of sp³-hybridized carbons (Fsp3) is 0.500. The van der Waals surface area contributed by atoms with Gasteiger partial charge >= 0.3 is 0 Å². The van der Waals surface area contributed by atoms with Crippen LogP contribution in [0.5, 0.6) is 0 Å². The summed E-state index contributed by atoms with van der Waals surface area (Å²) in [6.07, 6.45) is 0. The van der Waals surface area contributed by atoms with Crippen LogP contribution < -0.4 is 0 Å².